The number of imide groups is 1. The van der Waals surface area contributed by atoms with Crippen molar-refractivity contribution in [1.29, 1.82) is 0 Å². The maximum atomic E-state index is 12.2. The summed E-state index contributed by atoms with van der Waals surface area (Å²) in [5.74, 6) is -0.380. The summed E-state index contributed by atoms with van der Waals surface area (Å²) in [5.41, 5.74) is 0.646. The minimum absolute atomic E-state index is 0.0708. The predicted molar refractivity (Wildman–Crippen MR) is 70.6 cm³/mol. The molecule has 1 aromatic heterocycles. The van der Waals surface area contributed by atoms with Crippen LogP contribution in [-0.2, 0) is 16.1 Å². The molecule has 2 heterocycles. The molecule has 1 saturated heterocycles. The first-order chi connectivity index (χ1) is 9.08. The first kappa shape index (κ1) is 12.9. The van der Waals surface area contributed by atoms with Crippen molar-refractivity contribution in [2.75, 3.05) is 0 Å². The Bertz CT molecular complexity index is 540. The van der Waals surface area contributed by atoms with E-state index >= 15 is 0 Å². The third kappa shape index (κ3) is 2.13. The van der Waals surface area contributed by atoms with Crippen LogP contribution >= 0.6 is 23.2 Å². The van der Waals surface area contributed by atoms with Crippen molar-refractivity contribution in [2.45, 2.75) is 25.8 Å². The molecule has 2 aliphatic rings. The number of nitrogens with zero attached hydrogens (tertiary/aromatic N) is 2. The summed E-state index contributed by atoms with van der Waals surface area (Å²) in [5, 5.41) is 0.537. The zero-order valence-electron chi connectivity index (χ0n) is 10.1. The van der Waals surface area contributed by atoms with Gasteiger partial charge in [-0.05, 0) is 18.9 Å². The molecule has 2 unspecified atom stereocenters. The number of likely N-dealkylation sites (tertiary alicyclic amines) is 1. The molecule has 0 bridgehead atoms. The minimum Gasteiger partial charge on any atom is -0.277 e. The number of carbonyl (C=O) groups excluding carboxylic acids is 2. The number of fused-ring (bicyclic) bond motifs is 1. The van der Waals surface area contributed by atoms with Gasteiger partial charge in [-0.15, -0.1) is 0 Å². The van der Waals surface area contributed by atoms with E-state index in [0.717, 1.165) is 19.3 Å². The van der Waals surface area contributed by atoms with Crippen molar-refractivity contribution < 1.29 is 9.59 Å². The van der Waals surface area contributed by atoms with Gasteiger partial charge in [0.1, 0.15) is 10.3 Å². The first-order valence-corrected chi connectivity index (χ1v) is 6.99. The van der Waals surface area contributed by atoms with E-state index < -0.39 is 0 Å². The SMILES string of the molecule is O=C1C2CCCC2C(=O)N1Cc1ccc(Cl)nc1Cl. The zero-order chi connectivity index (χ0) is 13.6. The molecule has 19 heavy (non-hydrogen) atoms. The fourth-order valence-corrected chi connectivity index (χ4v) is 3.35. The smallest absolute Gasteiger partial charge is 0.233 e. The summed E-state index contributed by atoms with van der Waals surface area (Å²) in [6, 6.07) is 3.31. The van der Waals surface area contributed by atoms with Gasteiger partial charge in [-0.2, -0.15) is 0 Å². The second-order valence-corrected chi connectivity index (χ2v) is 5.74. The third-order valence-electron chi connectivity index (χ3n) is 3.90. The summed E-state index contributed by atoms with van der Waals surface area (Å²) in [4.78, 5) is 29.6. The van der Waals surface area contributed by atoms with E-state index in [0.29, 0.717) is 10.7 Å². The highest BCUT2D eigenvalue weighted by Crippen LogP contribution is 2.40. The van der Waals surface area contributed by atoms with Gasteiger partial charge in [0.25, 0.3) is 0 Å². The molecule has 0 spiro atoms. The molecule has 1 aliphatic carbocycles. The Morgan fingerprint density at radius 3 is 2.37 bits per heavy atom. The average molecular weight is 299 g/mol. The van der Waals surface area contributed by atoms with Gasteiger partial charge in [-0.25, -0.2) is 4.98 Å². The van der Waals surface area contributed by atoms with Gasteiger partial charge in [-0.3, -0.25) is 14.5 Å². The third-order valence-corrected chi connectivity index (χ3v) is 4.44. The zero-order valence-corrected chi connectivity index (χ0v) is 11.6. The molecule has 2 amide bonds. The Morgan fingerprint density at radius 2 is 1.79 bits per heavy atom. The molecule has 0 aromatic carbocycles. The lowest BCUT2D eigenvalue weighted by atomic mass is 10.00. The number of hydrogen-bond donors (Lipinski definition) is 0. The summed E-state index contributed by atoms with van der Waals surface area (Å²) < 4.78 is 0. The Kier molecular flexibility index (Phi) is 3.23. The molecule has 1 aromatic rings. The molecule has 6 heteroatoms. The molecule has 1 saturated carbocycles. The lowest BCUT2D eigenvalue weighted by Crippen LogP contribution is -2.31. The monoisotopic (exact) mass is 298 g/mol. The van der Waals surface area contributed by atoms with Crippen LogP contribution in [0.5, 0.6) is 0 Å². The lowest BCUT2D eigenvalue weighted by molar-refractivity contribution is -0.141. The number of hydrogen-bond acceptors (Lipinski definition) is 3. The molecular weight excluding hydrogens is 287 g/mol. The Labute approximate surface area is 120 Å². The van der Waals surface area contributed by atoms with Crippen LogP contribution in [0.3, 0.4) is 0 Å². The molecule has 2 fully saturated rings. The molecule has 100 valence electrons. The van der Waals surface area contributed by atoms with Crippen molar-refractivity contribution in [2.24, 2.45) is 11.8 Å². The largest absolute Gasteiger partial charge is 0.277 e. The highest BCUT2D eigenvalue weighted by Gasteiger charge is 2.49. The topological polar surface area (TPSA) is 50.3 Å². The first-order valence-electron chi connectivity index (χ1n) is 6.24. The number of amides is 2. The maximum Gasteiger partial charge on any atom is 0.233 e. The fraction of sp³-hybridized carbons (Fsp3) is 0.462. The average Bonchev–Trinajstić information content (AvgIpc) is 2.92. The Balaban J connectivity index is 1.84. The molecular formula is C13H12Cl2N2O2. The summed E-state index contributed by atoms with van der Waals surface area (Å²) in [7, 11) is 0. The van der Waals surface area contributed by atoms with Crippen molar-refractivity contribution >= 4 is 35.0 Å². The van der Waals surface area contributed by atoms with E-state index in [1.54, 1.807) is 12.1 Å². The fourth-order valence-electron chi connectivity index (χ4n) is 2.95. The van der Waals surface area contributed by atoms with Crippen LogP contribution in [0, 0.1) is 11.8 Å². The van der Waals surface area contributed by atoms with Gasteiger partial charge in [0.2, 0.25) is 11.8 Å². The van der Waals surface area contributed by atoms with E-state index in [2.05, 4.69) is 4.98 Å². The van der Waals surface area contributed by atoms with Gasteiger partial charge >= 0.3 is 0 Å². The van der Waals surface area contributed by atoms with E-state index in [-0.39, 0.29) is 35.3 Å². The van der Waals surface area contributed by atoms with Crippen molar-refractivity contribution in [3.05, 3.63) is 28.0 Å². The van der Waals surface area contributed by atoms with Gasteiger partial charge in [-0.1, -0.05) is 35.7 Å². The van der Waals surface area contributed by atoms with Crippen LogP contribution in [0.15, 0.2) is 12.1 Å². The molecule has 3 rings (SSSR count). The van der Waals surface area contributed by atoms with Crippen molar-refractivity contribution in [1.82, 2.24) is 9.88 Å². The number of carbonyl (C=O) groups is 2. The molecule has 1 aliphatic heterocycles. The number of aromatic nitrogens is 1. The predicted octanol–water partition coefficient (Wildman–Crippen LogP) is 2.67. The van der Waals surface area contributed by atoms with Gasteiger partial charge in [0.05, 0.1) is 18.4 Å². The highest BCUT2D eigenvalue weighted by molar-refractivity contribution is 6.32. The number of halogens is 2. The van der Waals surface area contributed by atoms with Crippen LogP contribution in [0.25, 0.3) is 0 Å². The second kappa shape index (κ2) is 4.76. The number of rotatable bonds is 2. The van der Waals surface area contributed by atoms with E-state index in [4.69, 9.17) is 23.2 Å². The molecule has 0 radical (unpaired) electrons. The van der Waals surface area contributed by atoms with Crippen LogP contribution in [0.4, 0.5) is 0 Å². The van der Waals surface area contributed by atoms with Crippen LogP contribution in [0.1, 0.15) is 24.8 Å². The second-order valence-electron chi connectivity index (χ2n) is 4.99. The van der Waals surface area contributed by atoms with Crippen molar-refractivity contribution in [3.63, 3.8) is 0 Å². The quantitative estimate of drug-likeness (QED) is 0.623. The summed E-state index contributed by atoms with van der Waals surface area (Å²) >= 11 is 11.7. The lowest BCUT2D eigenvalue weighted by Gasteiger charge is -2.16. The molecule has 2 atom stereocenters. The van der Waals surface area contributed by atoms with Crippen molar-refractivity contribution in [3.8, 4) is 0 Å². The van der Waals surface area contributed by atoms with Gasteiger partial charge < -0.3 is 0 Å². The van der Waals surface area contributed by atoms with Crippen LogP contribution in [-0.4, -0.2) is 21.7 Å². The molecule has 0 N–H and O–H groups in total. The molecule has 4 nitrogen and oxygen atoms in total. The van der Waals surface area contributed by atoms with Gasteiger partial charge in [0, 0.05) is 5.56 Å². The van der Waals surface area contributed by atoms with E-state index in [1.807, 2.05) is 0 Å². The Morgan fingerprint density at radius 1 is 1.16 bits per heavy atom. The van der Waals surface area contributed by atoms with Crippen LogP contribution in [0.2, 0.25) is 10.3 Å². The maximum absolute atomic E-state index is 12.2. The minimum atomic E-state index is -0.119. The standard InChI is InChI=1S/C13H12Cl2N2O2/c14-10-5-4-7(11(15)16-10)6-17-12(18)8-2-1-3-9(8)13(17)19/h4-5,8-9H,1-3,6H2. The summed E-state index contributed by atoms with van der Waals surface area (Å²) in [6.07, 6.45) is 2.60. The highest BCUT2D eigenvalue weighted by atomic mass is 35.5. The van der Waals surface area contributed by atoms with Crippen LogP contribution < -0.4 is 0 Å². The van der Waals surface area contributed by atoms with Gasteiger partial charge in [0.15, 0.2) is 0 Å². The normalized spacial score (nSPS) is 26.1. The van der Waals surface area contributed by atoms with E-state index in [9.17, 15) is 9.59 Å². The summed E-state index contributed by atoms with van der Waals surface area (Å²) in [6.45, 7) is 0.188. The van der Waals surface area contributed by atoms with E-state index in [1.165, 1.54) is 4.90 Å². The Hall–Kier alpha value is -1.13. The number of pyridine rings is 1.